The molecule has 2 aliphatic heterocycles. The molecule has 5 rings (SSSR count). The number of cyclic esters (lactones) is 1. The lowest BCUT2D eigenvalue weighted by atomic mass is 10.2. The van der Waals surface area contributed by atoms with Gasteiger partial charge in [0.05, 0.1) is 22.5 Å². The topological polar surface area (TPSA) is 136 Å². The van der Waals surface area contributed by atoms with Gasteiger partial charge in [-0.3, -0.25) is 19.1 Å². The van der Waals surface area contributed by atoms with Crippen molar-refractivity contribution in [1.82, 2.24) is 14.5 Å². The number of ether oxygens (including phenoxy) is 2. The van der Waals surface area contributed by atoms with Crippen LogP contribution < -0.4 is 26.2 Å². The van der Waals surface area contributed by atoms with Crippen molar-refractivity contribution in [2.24, 2.45) is 0 Å². The molecule has 170 valence electrons. The van der Waals surface area contributed by atoms with Gasteiger partial charge in [0.1, 0.15) is 11.9 Å². The molecule has 4 heterocycles. The van der Waals surface area contributed by atoms with Crippen molar-refractivity contribution < 1.29 is 19.1 Å². The summed E-state index contributed by atoms with van der Waals surface area (Å²) in [5.41, 5.74) is -0.665. The molecule has 0 spiro atoms. The third-order valence-electron chi connectivity index (χ3n) is 5.48. The number of hydrogen-bond acceptors (Lipinski definition) is 7. The molecule has 2 amide bonds. The van der Waals surface area contributed by atoms with Crippen molar-refractivity contribution in [3.63, 3.8) is 0 Å². The van der Waals surface area contributed by atoms with E-state index in [4.69, 9.17) is 21.1 Å². The highest BCUT2D eigenvalue weighted by atomic mass is 35.5. The van der Waals surface area contributed by atoms with Gasteiger partial charge >= 0.3 is 11.8 Å². The minimum absolute atomic E-state index is 0.0853. The minimum atomic E-state index is -0.564. The van der Waals surface area contributed by atoms with Crippen LogP contribution in [0.2, 0.25) is 5.02 Å². The van der Waals surface area contributed by atoms with E-state index >= 15 is 0 Å². The van der Waals surface area contributed by atoms with E-state index in [0.717, 1.165) is 4.57 Å². The number of H-pyrrole nitrogens is 1. The van der Waals surface area contributed by atoms with Crippen LogP contribution in [0.3, 0.4) is 0 Å². The van der Waals surface area contributed by atoms with Gasteiger partial charge < -0.3 is 19.8 Å². The average Bonchev–Trinajstić information content (AvgIpc) is 3.16. The Balaban J connectivity index is 1.26. The van der Waals surface area contributed by atoms with Crippen LogP contribution in [0.1, 0.15) is 12.8 Å². The van der Waals surface area contributed by atoms with Gasteiger partial charge in [-0.15, -0.1) is 0 Å². The first-order chi connectivity index (χ1) is 15.9. The van der Waals surface area contributed by atoms with E-state index < -0.39 is 23.4 Å². The Bertz CT molecular complexity index is 1400. The summed E-state index contributed by atoms with van der Waals surface area (Å²) in [5.74, 6) is 0.672. The molecule has 12 heteroatoms. The quantitative estimate of drug-likeness (QED) is 0.579. The number of nitrogens with zero attached hydrogens (tertiary/aromatic N) is 3. The van der Waals surface area contributed by atoms with Gasteiger partial charge in [0.25, 0.3) is 11.5 Å². The van der Waals surface area contributed by atoms with Crippen LogP contribution in [0.25, 0.3) is 10.9 Å². The second-order valence-electron chi connectivity index (χ2n) is 7.66. The first-order valence-electron chi connectivity index (χ1n) is 10.2. The molecule has 0 aliphatic carbocycles. The first-order valence-corrected chi connectivity index (χ1v) is 10.6. The van der Waals surface area contributed by atoms with Crippen LogP contribution in [-0.4, -0.2) is 45.8 Å². The molecule has 1 aromatic carbocycles. The molecule has 2 N–H and O–H groups in total. The van der Waals surface area contributed by atoms with Gasteiger partial charge in [0.15, 0.2) is 18.2 Å². The number of benzene rings is 1. The first kappa shape index (κ1) is 21.0. The molecule has 11 nitrogen and oxygen atoms in total. The number of halogens is 1. The molecule has 1 atom stereocenters. The lowest BCUT2D eigenvalue weighted by molar-refractivity contribution is -0.118. The van der Waals surface area contributed by atoms with Gasteiger partial charge in [-0.25, -0.2) is 14.6 Å². The third-order valence-corrected chi connectivity index (χ3v) is 5.80. The second-order valence-corrected chi connectivity index (χ2v) is 8.07. The number of aromatic amines is 1. The molecule has 2 aliphatic rings. The number of carbonyl (C=O) groups excluding carboxylic acids is 2. The molecule has 0 bridgehead atoms. The summed E-state index contributed by atoms with van der Waals surface area (Å²) in [6.07, 6.45) is -0.133. The monoisotopic (exact) mass is 471 g/mol. The molecule has 33 heavy (non-hydrogen) atoms. The van der Waals surface area contributed by atoms with Crippen molar-refractivity contribution in [3.05, 3.63) is 56.2 Å². The standard InChI is InChI=1S/C21H18ClN5O6/c22-13-5-1-4-12-17(13)25-20(30)26(19(12)29)8-2-3-11-9-27(21(31)33-11)15-7-6-14-18(23-15)24-16(28)10-32-14/h1,4-7,11H,2-3,8-10H2,(H,25,30)(H,23,24,28). The maximum atomic E-state index is 12.7. The van der Waals surface area contributed by atoms with E-state index in [9.17, 15) is 19.2 Å². The number of anilines is 2. The number of para-hydroxylation sites is 1. The zero-order valence-electron chi connectivity index (χ0n) is 17.2. The number of rotatable bonds is 5. The molecule has 0 saturated carbocycles. The van der Waals surface area contributed by atoms with Crippen molar-refractivity contribution in [2.45, 2.75) is 25.5 Å². The predicted octanol–water partition coefficient (Wildman–Crippen LogP) is 1.87. The Kier molecular flexibility index (Phi) is 5.25. The van der Waals surface area contributed by atoms with Gasteiger partial charge in [-0.05, 0) is 37.1 Å². The van der Waals surface area contributed by atoms with Gasteiger partial charge in [0, 0.05) is 6.54 Å². The van der Waals surface area contributed by atoms with E-state index in [1.54, 1.807) is 30.3 Å². The summed E-state index contributed by atoms with van der Waals surface area (Å²) in [6, 6.07) is 8.09. The Morgan fingerprint density at radius 1 is 1.15 bits per heavy atom. The van der Waals surface area contributed by atoms with Gasteiger partial charge in [0.2, 0.25) is 0 Å². The minimum Gasteiger partial charge on any atom is -0.480 e. The van der Waals surface area contributed by atoms with E-state index in [-0.39, 0.29) is 31.4 Å². The summed E-state index contributed by atoms with van der Waals surface area (Å²) in [4.78, 5) is 57.2. The van der Waals surface area contributed by atoms with E-state index in [0.29, 0.717) is 40.3 Å². The second kappa shape index (κ2) is 8.24. The number of amides is 2. The Morgan fingerprint density at radius 2 is 2.00 bits per heavy atom. The van der Waals surface area contributed by atoms with Crippen molar-refractivity contribution >= 4 is 46.1 Å². The molecular formula is C21H18ClN5O6. The molecule has 2 aromatic heterocycles. The number of aromatic nitrogens is 3. The van der Waals surface area contributed by atoms with Crippen LogP contribution in [0.15, 0.2) is 39.9 Å². The van der Waals surface area contributed by atoms with E-state index in [1.807, 2.05) is 0 Å². The fourth-order valence-corrected chi connectivity index (χ4v) is 4.11. The zero-order valence-corrected chi connectivity index (χ0v) is 17.9. The molecule has 1 saturated heterocycles. The van der Waals surface area contributed by atoms with Crippen molar-refractivity contribution in [1.29, 1.82) is 0 Å². The molecule has 3 aromatic rings. The van der Waals surface area contributed by atoms with Crippen LogP contribution in [0.5, 0.6) is 5.75 Å². The van der Waals surface area contributed by atoms with Crippen LogP contribution >= 0.6 is 11.6 Å². The van der Waals surface area contributed by atoms with E-state index in [1.165, 1.54) is 4.90 Å². The van der Waals surface area contributed by atoms with Crippen LogP contribution in [-0.2, 0) is 16.1 Å². The maximum absolute atomic E-state index is 12.7. The number of hydrogen-bond donors (Lipinski definition) is 2. The summed E-state index contributed by atoms with van der Waals surface area (Å²) in [5, 5.41) is 3.23. The number of fused-ring (bicyclic) bond motifs is 2. The highest BCUT2D eigenvalue weighted by Gasteiger charge is 2.33. The normalized spacial score (nSPS) is 17.5. The Labute approximate surface area is 190 Å². The molecule has 1 unspecified atom stereocenters. The van der Waals surface area contributed by atoms with Crippen molar-refractivity contribution in [3.8, 4) is 5.75 Å². The fraction of sp³-hybridized carbons (Fsp3) is 0.286. The number of nitrogens with one attached hydrogen (secondary N) is 2. The van der Waals surface area contributed by atoms with Gasteiger partial charge in [-0.2, -0.15) is 0 Å². The lowest BCUT2D eigenvalue weighted by Crippen LogP contribution is -2.35. The maximum Gasteiger partial charge on any atom is 0.415 e. The lowest BCUT2D eigenvalue weighted by Gasteiger charge is -2.19. The number of pyridine rings is 1. The summed E-state index contributed by atoms with van der Waals surface area (Å²) in [6.45, 7) is 0.321. The third kappa shape index (κ3) is 3.91. The van der Waals surface area contributed by atoms with Crippen molar-refractivity contribution in [2.75, 3.05) is 23.4 Å². The number of carbonyl (C=O) groups is 2. The molecule has 1 fully saturated rings. The Morgan fingerprint density at radius 3 is 2.85 bits per heavy atom. The van der Waals surface area contributed by atoms with Crippen LogP contribution in [0.4, 0.5) is 16.4 Å². The van der Waals surface area contributed by atoms with E-state index in [2.05, 4.69) is 15.3 Å². The zero-order chi connectivity index (χ0) is 23.1. The highest BCUT2D eigenvalue weighted by molar-refractivity contribution is 6.34. The smallest absolute Gasteiger partial charge is 0.415 e. The molecule has 0 radical (unpaired) electrons. The summed E-state index contributed by atoms with van der Waals surface area (Å²) in [7, 11) is 0. The molecular weight excluding hydrogens is 454 g/mol. The Hall–Kier alpha value is -3.86. The largest absolute Gasteiger partial charge is 0.480 e. The highest BCUT2D eigenvalue weighted by Crippen LogP contribution is 2.30. The summed E-state index contributed by atoms with van der Waals surface area (Å²) >= 11 is 6.06. The SMILES string of the molecule is O=C1COc2ccc(N3CC(CCCn4c(=O)[nH]c5c(Cl)cccc5c4=O)OC3=O)nc2N1. The fourth-order valence-electron chi connectivity index (χ4n) is 3.88. The van der Waals surface area contributed by atoms with Gasteiger partial charge in [-0.1, -0.05) is 17.7 Å². The predicted molar refractivity (Wildman–Crippen MR) is 119 cm³/mol. The van der Waals surface area contributed by atoms with Crippen LogP contribution in [0, 0.1) is 0 Å². The average molecular weight is 472 g/mol. The summed E-state index contributed by atoms with van der Waals surface area (Å²) < 4.78 is 11.8.